The topological polar surface area (TPSA) is 51.0 Å². The van der Waals surface area contributed by atoms with E-state index >= 15 is 0 Å². The molecule has 0 bridgehead atoms. The number of carbonyl (C=O) groups is 1. The third-order valence-corrected chi connectivity index (χ3v) is 3.91. The zero-order valence-electron chi connectivity index (χ0n) is 14.6. The Morgan fingerprint density at radius 2 is 1.79 bits per heavy atom. The Bertz CT molecular complexity index is 830. The summed E-state index contributed by atoms with van der Waals surface area (Å²) in [6.07, 6.45) is -9.60. The predicted molar refractivity (Wildman–Crippen MR) is 84.3 cm³/mol. The molecule has 2 heterocycles. The van der Waals surface area contributed by atoms with Gasteiger partial charge in [0, 0.05) is 19.0 Å². The Balaban J connectivity index is 2.33. The summed E-state index contributed by atoms with van der Waals surface area (Å²) in [5.41, 5.74) is 0.344. The summed E-state index contributed by atoms with van der Waals surface area (Å²) in [5.74, 6) is -5.81. The molecule has 2 rings (SSSR count). The van der Waals surface area contributed by atoms with Crippen LogP contribution in [0.2, 0.25) is 0 Å². The minimum atomic E-state index is -5.61. The number of halogens is 7. The van der Waals surface area contributed by atoms with Crippen LogP contribution in [0.5, 0.6) is 0 Å². The van der Waals surface area contributed by atoms with Crippen LogP contribution in [0.15, 0.2) is 24.7 Å². The lowest BCUT2D eigenvalue weighted by Crippen LogP contribution is -2.42. The van der Waals surface area contributed by atoms with Gasteiger partial charge in [-0.3, -0.25) is 9.78 Å². The minimum absolute atomic E-state index is 0.0138. The van der Waals surface area contributed by atoms with Gasteiger partial charge in [0.05, 0.1) is 35.7 Å². The maximum Gasteiger partial charge on any atom is 0.400 e. The van der Waals surface area contributed by atoms with E-state index in [0.29, 0.717) is 0 Å². The number of aryl methyl sites for hydroxylation is 1. The number of alkyl halides is 6. The van der Waals surface area contributed by atoms with E-state index in [4.69, 9.17) is 0 Å². The van der Waals surface area contributed by atoms with Crippen molar-refractivity contribution in [3.8, 4) is 5.69 Å². The van der Waals surface area contributed by atoms with E-state index in [2.05, 4.69) is 10.1 Å². The van der Waals surface area contributed by atoms with Gasteiger partial charge in [-0.2, -0.15) is 31.4 Å². The number of amides is 1. The highest BCUT2D eigenvalue weighted by Crippen LogP contribution is 2.42. The number of nitrogens with zero attached hydrogens (tertiary/aromatic N) is 4. The predicted octanol–water partition coefficient (Wildman–Crippen LogP) is 4.20. The van der Waals surface area contributed by atoms with E-state index < -0.39 is 36.4 Å². The van der Waals surface area contributed by atoms with Crippen molar-refractivity contribution in [3.63, 3.8) is 0 Å². The van der Waals surface area contributed by atoms with Crippen molar-refractivity contribution in [1.29, 1.82) is 0 Å². The van der Waals surface area contributed by atoms with Crippen molar-refractivity contribution in [2.45, 2.75) is 32.6 Å². The summed E-state index contributed by atoms with van der Waals surface area (Å²) in [5, 5.41) is 4.02. The van der Waals surface area contributed by atoms with Crippen LogP contribution >= 0.6 is 0 Å². The van der Waals surface area contributed by atoms with Crippen molar-refractivity contribution in [1.82, 2.24) is 14.8 Å². The number of aromatic nitrogens is 3. The van der Waals surface area contributed by atoms with Gasteiger partial charge in [-0.25, -0.2) is 9.07 Å². The van der Waals surface area contributed by atoms with Gasteiger partial charge in [0.2, 0.25) is 5.91 Å². The van der Waals surface area contributed by atoms with Gasteiger partial charge in [-0.05, 0) is 13.8 Å². The molecular formula is C16H15F7N4O. The highest BCUT2D eigenvalue weighted by molar-refractivity contribution is 5.94. The van der Waals surface area contributed by atoms with Crippen LogP contribution in [0.1, 0.15) is 19.0 Å². The van der Waals surface area contributed by atoms with E-state index in [1.807, 2.05) is 0 Å². The fourth-order valence-electron chi connectivity index (χ4n) is 2.56. The van der Waals surface area contributed by atoms with Crippen molar-refractivity contribution >= 4 is 11.6 Å². The van der Waals surface area contributed by atoms with Gasteiger partial charge < -0.3 is 4.90 Å². The van der Waals surface area contributed by atoms with E-state index in [1.54, 1.807) is 0 Å². The molecule has 0 aliphatic rings. The molecule has 5 nitrogen and oxygen atoms in total. The Kier molecular flexibility index (Phi) is 6.00. The number of hydrogen-bond donors (Lipinski definition) is 0. The fraction of sp³-hybridized carbons (Fsp3) is 0.438. The molecular weight excluding hydrogens is 397 g/mol. The van der Waals surface area contributed by atoms with Crippen LogP contribution in [0.3, 0.4) is 0 Å². The highest BCUT2D eigenvalue weighted by Gasteiger charge is 2.57. The molecule has 0 saturated carbocycles. The van der Waals surface area contributed by atoms with Crippen molar-refractivity contribution in [3.05, 3.63) is 36.2 Å². The van der Waals surface area contributed by atoms with Crippen molar-refractivity contribution < 1.29 is 35.5 Å². The lowest BCUT2D eigenvalue weighted by atomic mass is 10.0. The summed E-state index contributed by atoms with van der Waals surface area (Å²) in [7, 11) is 0. The molecule has 1 amide bonds. The second kappa shape index (κ2) is 7.76. The van der Waals surface area contributed by atoms with Crippen LogP contribution < -0.4 is 4.90 Å². The summed E-state index contributed by atoms with van der Waals surface area (Å²) in [6.45, 7) is 2.63. The van der Waals surface area contributed by atoms with E-state index in [9.17, 15) is 35.5 Å². The molecule has 2 aromatic heterocycles. The fourth-order valence-corrected chi connectivity index (χ4v) is 2.56. The molecule has 0 atom stereocenters. The molecule has 2 aromatic rings. The van der Waals surface area contributed by atoms with Gasteiger partial charge in [0.1, 0.15) is 5.82 Å². The molecule has 0 spiro atoms. The van der Waals surface area contributed by atoms with Gasteiger partial charge in [-0.1, -0.05) is 0 Å². The lowest BCUT2D eigenvalue weighted by Gasteiger charge is -2.26. The van der Waals surface area contributed by atoms with Crippen LogP contribution in [-0.2, 0) is 4.79 Å². The van der Waals surface area contributed by atoms with Crippen LogP contribution in [0.25, 0.3) is 5.69 Å². The molecule has 28 heavy (non-hydrogen) atoms. The third kappa shape index (κ3) is 4.78. The number of hydrogen-bond acceptors (Lipinski definition) is 3. The van der Waals surface area contributed by atoms with Crippen LogP contribution in [0.4, 0.5) is 36.4 Å². The normalized spacial score (nSPS) is 12.5. The van der Waals surface area contributed by atoms with Gasteiger partial charge in [0.25, 0.3) is 0 Å². The molecule has 0 fully saturated rings. The molecule has 0 radical (unpaired) electrons. The van der Waals surface area contributed by atoms with E-state index in [0.717, 1.165) is 21.8 Å². The number of rotatable bonds is 5. The van der Waals surface area contributed by atoms with Gasteiger partial charge in [0.15, 0.2) is 5.92 Å². The lowest BCUT2D eigenvalue weighted by molar-refractivity contribution is -0.284. The quantitative estimate of drug-likeness (QED) is 0.692. The zero-order valence-corrected chi connectivity index (χ0v) is 14.6. The number of carbonyl (C=O) groups excluding carboxylic acids is 1. The van der Waals surface area contributed by atoms with Gasteiger partial charge >= 0.3 is 12.4 Å². The van der Waals surface area contributed by atoms with Gasteiger partial charge in [-0.15, -0.1) is 0 Å². The maximum atomic E-state index is 13.3. The summed E-state index contributed by atoms with van der Waals surface area (Å²) in [4.78, 5) is 16.6. The summed E-state index contributed by atoms with van der Waals surface area (Å²) < 4.78 is 90.9. The Hall–Kier alpha value is -2.66. The van der Waals surface area contributed by atoms with E-state index in [-0.39, 0.29) is 23.6 Å². The average molecular weight is 412 g/mol. The molecule has 0 saturated heterocycles. The highest BCUT2D eigenvalue weighted by atomic mass is 19.4. The van der Waals surface area contributed by atoms with E-state index in [1.165, 1.54) is 26.2 Å². The number of anilines is 1. The molecule has 0 unspecified atom stereocenters. The molecule has 0 aliphatic heterocycles. The first kappa shape index (κ1) is 21.6. The first-order valence-electron chi connectivity index (χ1n) is 7.95. The standard InChI is InChI=1S/C16H15F7N4O/c1-3-26(14(28)5-13(15(18,19)20)16(21,22)23)12-8-27(25-9(12)2)11-4-10(17)6-24-7-11/h4,6-8,13H,3,5H2,1-2H3. The smallest absolute Gasteiger partial charge is 0.310 e. The second-order valence-electron chi connectivity index (χ2n) is 5.88. The Morgan fingerprint density at radius 1 is 1.18 bits per heavy atom. The minimum Gasteiger partial charge on any atom is -0.310 e. The van der Waals surface area contributed by atoms with Crippen molar-refractivity contribution in [2.24, 2.45) is 5.92 Å². The first-order valence-corrected chi connectivity index (χ1v) is 7.95. The zero-order chi connectivity index (χ0) is 21.3. The SMILES string of the molecule is CCN(C(=O)CC(C(F)(F)F)C(F)(F)F)c1cn(-c2cncc(F)c2)nc1C. The summed E-state index contributed by atoms with van der Waals surface area (Å²) in [6, 6.07) is 1.07. The molecule has 0 aromatic carbocycles. The molecule has 0 N–H and O–H groups in total. The third-order valence-electron chi connectivity index (χ3n) is 3.91. The first-order chi connectivity index (χ1) is 12.8. The monoisotopic (exact) mass is 412 g/mol. The summed E-state index contributed by atoms with van der Waals surface area (Å²) >= 11 is 0. The van der Waals surface area contributed by atoms with Crippen LogP contribution in [-0.4, -0.2) is 39.6 Å². The molecule has 154 valence electrons. The maximum absolute atomic E-state index is 13.3. The average Bonchev–Trinajstić information content (AvgIpc) is 2.93. The molecule has 0 aliphatic carbocycles. The van der Waals surface area contributed by atoms with Crippen molar-refractivity contribution in [2.75, 3.05) is 11.4 Å². The number of pyridine rings is 1. The molecule has 12 heteroatoms. The Labute approximate surface area is 154 Å². The largest absolute Gasteiger partial charge is 0.400 e. The van der Waals surface area contributed by atoms with Crippen LogP contribution in [0, 0.1) is 18.7 Å². The second-order valence-corrected chi connectivity index (χ2v) is 5.88. The Morgan fingerprint density at radius 3 is 2.29 bits per heavy atom.